The topological polar surface area (TPSA) is 33.2 Å². The van der Waals surface area contributed by atoms with Gasteiger partial charge in [-0.05, 0) is 19.1 Å². The molecule has 3 nitrogen and oxygen atoms in total. The summed E-state index contributed by atoms with van der Waals surface area (Å²) in [6.07, 6.45) is 5.85. The van der Waals surface area contributed by atoms with E-state index in [1.54, 1.807) is 16.2 Å². The Morgan fingerprint density at radius 3 is 2.70 bits per heavy atom. The van der Waals surface area contributed by atoms with E-state index in [9.17, 15) is 4.79 Å². The Morgan fingerprint density at radius 1 is 1.40 bits per heavy atom. The maximum absolute atomic E-state index is 11.9. The second-order valence-electron chi connectivity index (χ2n) is 4.87. The lowest BCUT2D eigenvalue weighted by Gasteiger charge is -2.16. The fourth-order valence-corrected chi connectivity index (χ4v) is 3.00. The summed E-state index contributed by atoms with van der Waals surface area (Å²) in [6, 6.07) is 7.92. The minimum atomic E-state index is 0.0309. The lowest BCUT2D eigenvalue weighted by molar-refractivity contribution is -0.117. The van der Waals surface area contributed by atoms with Crippen LogP contribution in [-0.4, -0.2) is 17.4 Å². The molecular formula is C16H14N2OS. The molecule has 1 aliphatic heterocycles. The number of nitrogens with zero attached hydrogens (tertiary/aromatic N) is 2. The van der Waals surface area contributed by atoms with Gasteiger partial charge in [0.05, 0.1) is 10.7 Å². The zero-order chi connectivity index (χ0) is 14.1. The molecule has 100 valence electrons. The molecule has 1 fully saturated rings. The van der Waals surface area contributed by atoms with Crippen LogP contribution in [0.5, 0.6) is 0 Å². The predicted octanol–water partition coefficient (Wildman–Crippen LogP) is 3.10. The highest BCUT2D eigenvalue weighted by molar-refractivity contribution is 7.09. The van der Waals surface area contributed by atoms with Gasteiger partial charge in [0.15, 0.2) is 0 Å². The van der Waals surface area contributed by atoms with Gasteiger partial charge in [0.25, 0.3) is 0 Å². The molecule has 0 radical (unpaired) electrons. The molecule has 0 bridgehead atoms. The van der Waals surface area contributed by atoms with E-state index in [0.717, 1.165) is 22.0 Å². The van der Waals surface area contributed by atoms with Gasteiger partial charge in [0.2, 0.25) is 5.91 Å². The number of rotatable bonds is 2. The third-order valence-electron chi connectivity index (χ3n) is 3.45. The van der Waals surface area contributed by atoms with Crippen LogP contribution in [-0.2, 0) is 4.79 Å². The second-order valence-corrected chi connectivity index (χ2v) is 5.93. The van der Waals surface area contributed by atoms with Crippen LogP contribution in [0.25, 0.3) is 11.3 Å². The molecule has 4 heteroatoms. The maximum Gasteiger partial charge on any atom is 0.228 e. The van der Waals surface area contributed by atoms with Crippen molar-refractivity contribution in [2.45, 2.75) is 13.3 Å². The number of hydrogen-bond donors (Lipinski definition) is 0. The van der Waals surface area contributed by atoms with Crippen molar-refractivity contribution in [3.05, 3.63) is 34.7 Å². The number of terminal acetylenes is 1. The zero-order valence-electron chi connectivity index (χ0n) is 11.2. The van der Waals surface area contributed by atoms with E-state index in [2.05, 4.69) is 10.9 Å². The Labute approximate surface area is 122 Å². The Hall–Kier alpha value is -2.12. The molecule has 2 aromatic rings. The normalized spacial score (nSPS) is 18.3. The highest BCUT2D eigenvalue weighted by Gasteiger charge is 2.29. The highest BCUT2D eigenvalue weighted by Crippen LogP contribution is 2.28. The van der Waals surface area contributed by atoms with Gasteiger partial charge in [-0.15, -0.1) is 23.7 Å². The standard InChI is InChI=1S/C16H14N2OS/c1-3-12-8-16(19)18(9-12)14-6-4-13(5-7-14)15-10-20-11(2)17-15/h1,4-7,10,12H,8-9H2,2H3. The molecule has 3 rings (SSSR count). The number of carbonyl (C=O) groups is 1. The number of carbonyl (C=O) groups excluding carboxylic acids is 1. The summed E-state index contributed by atoms with van der Waals surface area (Å²) in [7, 11) is 0. The van der Waals surface area contributed by atoms with Gasteiger partial charge in [0.1, 0.15) is 0 Å². The summed E-state index contributed by atoms with van der Waals surface area (Å²) in [4.78, 5) is 18.1. The molecule has 0 saturated carbocycles. The fourth-order valence-electron chi connectivity index (χ4n) is 2.38. The first-order valence-electron chi connectivity index (χ1n) is 6.46. The number of benzene rings is 1. The monoisotopic (exact) mass is 282 g/mol. The van der Waals surface area contributed by atoms with Crippen LogP contribution in [0.4, 0.5) is 5.69 Å². The van der Waals surface area contributed by atoms with Crippen LogP contribution in [0.15, 0.2) is 29.6 Å². The van der Waals surface area contributed by atoms with Crippen LogP contribution in [0.1, 0.15) is 11.4 Å². The molecule has 0 N–H and O–H groups in total. The molecule has 1 aromatic heterocycles. The van der Waals surface area contributed by atoms with Crippen molar-refractivity contribution >= 4 is 22.9 Å². The molecule has 0 spiro atoms. The summed E-state index contributed by atoms with van der Waals surface area (Å²) >= 11 is 1.63. The Balaban J connectivity index is 1.83. The van der Waals surface area contributed by atoms with E-state index in [1.165, 1.54) is 0 Å². The fraction of sp³-hybridized carbons (Fsp3) is 0.250. The van der Waals surface area contributed by atoms with Gasteiger partial charge >= 0.3 is 0 Å². The quantitative estimate of drug-likeness (QED) is 0.793. The van der Waals surface area contributed by atoms with Gasteiger partial charge in [0, 0.05) is 35.5 Å². The third kappa shape index (κ3) is 2.33. The van der Waals surface area contributed by atoms with Crippen LogP contribution >= 0.6 is 11.3 Å². The second kappa shape index (κ2) is 5.10. The lowest BCUT2D eigenvalue weighted by atomic mass is 10.1. The molecule has 0 aliphatic carbocycles. The first-order chi connectivity index (χ1) is 9.67. The Morgan fingerprint density at radius 2 is 2.15 bits per heavy atom. The van der Waals surface area contributed by atoms with Crippen molar-refractivity contribution < 1.29 is 4.79 Å². The van der Waals surface area contributed by atoms with Crippen molar-refractivity contribution in [1.29, 1.82) is 0 Å². The number of aryl methyl sites for hydroxylation is 1. The minimum absolute atomic E-state index is 0.0309. The van der Waals surface area contributed by atoms with Crippen molar-refractivity contribution in [2.75, 3.05) is 11.4 Å². The number of thiazole rings is 1. The van der Waals surface area contributed by atoms with Gasteiger partial charge in [-0.3, -0.25) is 4.79 Å². The number of aromatic nitrogens is 1. The van der Waals surface area contributed by atoms with E-state index in [0.29, 0.717) is 13.0 Å². The number of anilines is 1. The molecule has 1 amide bonds. The molecule has 20 heavy (non-hydrogen) atoms. The molecule has 1 atom stereocenters. The van der Waals surface area contributed by atoms with Crippen LogP contribution in [0.2, 0.25) is 0 Å². The maximum atomic E-state index is 11.9. The van der Waals surface area contributed by atoms with Gasteiger partial charge in [-0.25, -0.2) is 4.98 Å². The predicted molar refractivity (Wildman–Crippen MR) is 81.6 cm³/mol. The summed E-state index contributed by atoms with van der Waals surface area (Å²) in [5.41, 5.74) is 2.95. The smallest absolute Gasteiger partial charge is 0.228 e. The van der Waals surface area contributed by atoms with Crippen molar-refractivity contribution in [1.82, 2.24) is 4.98 Å². The molecule has 1 unspecified atom stereocenters. The van der Waals surface area contributed by atoms with Gasteiger partial charge in [-0.2, -0.15) is 0 Å². The molecule has 1 aliphatic rings. The van der Waals surface area contributed by atoms with Crippen molar-refractivity contribution in [3.8, 4) is 23.6 Å². The average Bonchev–Trinajstić information content (AvgIpc) is 3.05. The van der Waals surface area contributed by atoms with Gasteiger partial charge in [-0.1, -0.05) is 12.1 Å². The first-order valence-corrected chi connectivity index (χ1v) is 7.34. The van der Waals surface area contributed by atoms with Gasteiger partial charge < -0.3 is 4.90 Å². The third-order valence-corrected chi connectivity index (χ3v) is 4.23. The molecule has 1 aromatic carbocycles. The zero-order valence-corrected chi connectivity index (χ0v) is 12.0. The van der Waals surface area contributed by atoms with E-state index in [-0.39, 0.29) is 11.8 Å². The summed E-state index contributed by atoms with van der Waals surface area (Å²) < 4.78 is 0. The van der Waals surface area contributed by atoms with Crippen LogP contribution in [0.3, 0.4) is 0 Å². The molecule has 1 saturated heterocycles. The van der Waals surface area contributed by atoms with Crippen LogP contribution < -0.4 is 4.90 Å². The van der Waals surface area contributed by atoms with Crippen LogP contribution in [0, 0.1) is 25.2 Å². The summed E-state index contributed by atoms with van der Waals surface area (Å²) in [5.74, 6) is 2.80. The van der Waals surface area contributed by atoms with E-state index in [4.69, 9.17) is 6.42 Å². The SMILES string of the molecule is C#CC1CC(=O)N(c2ccc(-c3csc(C)n3)cc2)C1. The summed E-state index contributed by atoms with van der Waals surface area (Å²) in [5, 5.41) is 3.09. The highest BCUT2D eigenvalue weighted by atomic mass is 32.1. The van der Waals surface area contributed by atoms with E-state index >= 15 is 0 Å². The van der Waals surface area contributed by atoms with Crippen molar-refractivity contribution in [2.24, 2.45) is 5.92 Å². The minimum Gasteiger partial charge on any atom is -0.311 e. The number of amides is 1. The van der Waals surface area contributed by atoms with E-state index < -0.39 is 0 Å². The Kier molecular flexibility index (Phi) is 3.29. The largest absolute Gasteiger partial charge is 0.311 e. The number of hydrogen-bond acceptors (Lipinski definition) is 3. The Bertz CT molecular complexity index is 681. The first kappa shape index (κ1) is 12.9. The molecular weight excluding hydrogens is 268 g/mol. The molecule has 2 heterocycles. The summed E-state index contributed by atoms with van der Waals surface area (Å²) in [6.45, 7) is 2.61. The average molecular weight is 282 g/mol. The van der Waals surface area contributed by atoms with Crippen molar-refractivity contribution in [3.63, 3.8) is 0 Å². The van der Waals surface area contributed by atoms with E-state index in [1.807, 2.05) is 36.6 Å². The lowest BCUT2D eigenvalue weighted by Crippen LogP contribution is -2.24.